The molecule has 0 spiro atoms. The van der Waals surface area contributed by atoms with Crippen molar-refractivity contribution in [1.29, 1.82) is 0 Å². The molecule has 0 saturated carbocycles. The Balaban J connectivity index is 1.77. The van der Waals surface area contributed by atoms with E-state index in [1.54, 1.807) is 24.7 Å². The fraction of sp³-hybridized carbons (Fsp3) is 0.133. The number of hydrogen-bond acceptors (Lipinski definition) is 4. The molecular weight excluding hydrogens is 284 g/mol. The molecule has 0 unspecified atom stereocenters. The molecular formula is C15H14N4OS. The Morgan fingerprint density at radius 2 is 2.14 bits per heavy atom. The zero-order valence-corrected chi connectivity index (χ0v) is 12.3. The van der Waals surface area contributed by atoms with Crippen molar-refractivity contribution in [3.63, 3.8) is 0 Å². The molecule has 0 aliphatic rings. The van der Waals surface area contributed by atoms with Gasteiger partial charge in [-0.2, -0.15) is 0 Å². The maximum atomic E-state index is 12.3. The first-order chi connectivity index (χ1) is 10.2. The average molecular weight is 298 g/mol. The van der Waals surface area contributed by atoms with Crippen molar-refractivity contribution in [1.82, 2.24) is 14.5 Å². The number of nitrogens with zero attached hydrogens (tertiary/aromatic N) is 3. The largest absolute Gasteiger partial charge is 0.339 e. The van der Waals surface area contributed by atoms with Gasteiger partial charge in [0.25, 0.3) is 5.91 Å². The Labute approximate surface area is 126 Å². The maximum Gasteiger partial charge on any atom is 0.274 e. The average Bonchev–Trinajstić information content (AvgIpc) is 3.09. The number of pyridine rings is 1. The van der Waals surface area contributed by atoms with E-state index in [0.29, 0.717) is 17.4 Å². The number of carbonyl (C=O) groups excluding carboxylic acids is 1. The third-order valence-corrected chi connectivity index (χ3v) is 3.83. The molecule has 0 radical (unpaired) electrons. The molecule has 6 heteroatoms. The van der Waals surface area contributed by atoms with Crippen LogP contribution in [0.3, 0.4) is 0 Å². The van der Waals surface area contributed by atoms with E-state index in [2.05, 4.69) is 15.3 Å². The third kappa shape index (κ3) is 3.17. The predicted octanol–water partition coefficient (Wildman–Crippen LogP) is 2.95. The van der Waals surface area contributed by atoms with Gasteiger partial charge >= 0.3 is 0 Å². The smallest absolute Gasteiger partial charge is 0.274 e. The molecule has 0 aliphatic carbocycles. The van der Waals surface area contributed by atoms with Crippen molar-refractivity contribution in [3.05, 3.63) is 65.2 Å². The highest BCUT2D eigenvalue weighted by Gasteiger charge is 2.12. The number of amides is 1. The number of rotatable bonds is 4. The quantitative estimate of drug-likeness (QED) is 0.805. The molecule has 0 aromatic carbocycles. The van der Waals surface area contributed by atoms with E-state index in [-0.39, 0.29) is 5.91 Å². The summed E-state index contributed by atoms with van der Waals surface area (Å²) in [5.74, 6) is -0.150. The van der Waals surface area contributed by atoms with E-state index >= 15 is 0 Å². The van der Waals surface area contributed by atoms with E-state index in [1.807, 2.05) is 35.9 Å². The van der Waals surface area contributed by atoms with Crippen molar-refractivity contribution in [2.24, 2.45) is 0 Å². The van der Waals surface area contributed by atoms with Gasteiger partial charge in [-0.15, -0.1) is 11.3 Å². The second kappa shape index (κ2) is 5.88. The third-order valence-electron chi connectivity index (χ3n) is 3.01. The fourth-order valence-corrected chi connectivity index (χ4v) is 2.68. The van der Waals surface area contributed by atoms with Crippen LogP contribution in [-0.2, 0) is 6.54 Å². The van der Waals surface area contributed by atoms with Gasteiger partial charge in [0, 0.05) is 36.2 Å². The summed E-state index contributed by atoms with van der Waals surface area (Å²) in [4.78, 5) is 21.5. The van der Waals surface area contributed by atoms with E-state index in [9.17, 15) is 4.79 Å². The van der Waals surface area contributed by atoms with Crippen LogP contribution in [0.25, 0.3) is 0 Å². The Kier molecular flexibility index (Phi) is 3.79. The van der Waals surface area contributed by atoms with E-state index in [1.165, 1.54) is 11.3 Å². The summed E-state index contributed by atoms with van der Waals surface area (Å²) in [7, 11) is 0. The first-order valence-electron chi connectivity index (χ1n) is 6.50. The standard InChI is InChI=1S/C15H14N4OS/c1-11-9-17-15(21-11)18-14(20)13-3-2-8-19(13)10-12-4-6-16-7-5-12/h2-9H,10H2,1H3,(H,17,18,20). The lowest BCUT2D eigenvalue weighted by molar-refractivity contribution is 0.101. The Hall–Kier alpha value is -2.47. The van der Waals surface area contributed by atoms with Crippen molar-refractivity contribution >= 4 is 22.4 Å². The van der Waals surface area contributed by atoms with E-state index in [4.69, 9.17) is 0 Å². The van der Waals surface area contributed by atoms with Gasteiger partial charge in [0.1, 0.15) is 5.69 Å². The summed E-state index contributed by atoms with van der Waals surface area (Å²) in [5, 5.41) is 3.45. The van der Waals surface area contributed by atoms with Crippen LogP contribution in [0.15, 0.2) is 49.1 Å². The van der Waals surface area contributed by atoms with Crippen LogP contribution >= 0.6 is 11.3 Å². The molecule has 3 aromatic rings. The molecule has 0 saturated heterocycles. The van der Waals surface area contributed by atoms with Crippen LogP contribution in [0.2, 0.25) is 0 Å². The summed E-state index contributed by atoms with van der Waals surface area (Å²) >= 11 is 1.46. The van der Waals surface area contributed by atoms with Crippen molar-refractivity contribution < 1.29 is 4.79 Å². The molecule has 1 amide bonds. The minimum Gasteiger partial charge on any atom is -0.339 e. The number of hydrogen-bond donors (Lipinski definition) is 1. The van der Waals surface area contributed by atoms with Crippen LogP contribution in [0.1, 0.15) is 20.9 Å². The number of nitrogens with one attached hydrogen (secondary N) is 1. The van der Waals surface area contributed by atoms with Gasteiger partial charge in [-0.3, -0.25) is 15.1 Å². The molecule has 5 nitrogen and oxygen atoms in total. The van der Waals surface area contributed by atoms with Crippen LogP contribution in [0.5, 0.6) is 0 Å². The summed E-state index contributed by atoms with van der Waals surface area (Å²) in [6, 6.07) is 7.54. The Bertz CT molecular complexity index is 748. The van der Waals surface area contributed by atoms with Gasteiger partial charge in [-0.25, -0.2) is 4.98 Å². The molecule has 3 aromatic heterocycles. The molecule has 1 N–H and O–H groups in total. The van der Waals surface area contributed by atoms with E-state index < -0.39 is 0 Å². The molecule has 3 heterocycles. The molecule has 0 atom stereocenters. The normalized spacial score (nSPS) is 10.5. The zero-order valence-electron chi connectivity index (χ0n) is 11.5. The summed E-state index contributed by atoms with van der Waals surface area (Å²) in [6.07, 6.45) is 7.13. The summed E-state index contributed by atoms with van der Waals surface area (Å²) in [6.45, 7) is 2.59. The number of thiazole rings is 1. The molecule has 3 rings (SSSR count). The lowest BCUT2D eigenvalue weighted by Crippen LogP contribution is -2.17. The lowest BCUT2D eigenvalue weighted by atomic mass is 10.2. The second-order valence-electron chi connectivity index (χ2n) is 4.61. The zero-order chi connectivity index (χ0) is 14.7. The fourth-order valence-electron chi connectivity index (χ4n) is 2.02. The van der Waals surface area contributed by atoms with Crippen LogP contribution in [-0.4, -0.2) is 20.4 Å². The summed E-state index contributed by atoms with van der Waals surface area (Å²) in [5.41, 5.74) is 1.71. The van der Waals surface area contributed by atoms with Crippen LogP contribution in [0, 0.1) is 6.92 Å². The van der Waals surface area contributed by atoms with Gasteiger partial charge in [-0.1, -0.05) is 0 Å². The van der Waals surface area contributed by atoms with E-state index in [0.717, 1.165) is 10.4 Å². The summed E-state index contributed by atoms with van der Waals surface area (Å²) < 4.78 is 1.91. The Morgan fingerprint density at radius 1 is 1.33 bits per heavy atom. The maximum absolute atomic E-state index is 12.3. The first-order valence-corrected chi connectivity index (χ1v) is 7.32. The van der Waals surface area contributed by atoms with Crippen LogP contribution < -0.4 is 5.32 Å². The van der Waals surface area contributed by atoms with Gasteiger partial charge < -0.3 is 4.57 Å². The van der Waals surface area contributed by atoms with Gasteiger partial charge in [-0.05, 0) is 36.8 Å². The minimum atomic E-state index is -0.150. The molecule has 21 heavy (non-hydrogen) atoms. The number of aromatic nitrogens is 3. The number of anilines is 1. The molecule has 106 valence electrons. The van der Waals surface area contributed by atoms with Crippen molar-refractivity contribution in [2.75, 3.05) is 5.32 Å². The van der Waals surface area contributed by atoms with Crippen molar-refractivity contribution in [2.45, 2.75) is 13.5 Å². The van der Waals surface area contributed by atoms with Crippen molar-refractivity contribution in [3.8, 4) is 0 Å². The topological polar surface area (TPSA) is 59.8 Å². The molecule has 0 fully saturated rings. The monoisotopic (exact) mass is 298 g/mol. The Morgan fingerprint density at radius 3 is 2.86 bits per heavy atom. The highest BCUT2D eigenvalue weighted by molar-refractivity contribution is 7.15. The van der Waals surface area contributed by atoms with Crippen LogP contribution in [0.4, 0.5) is 5.13 Å². The highest BCUT2D eigenvalue weighted by Crippen LogP contribution is 2.18. The number of carbonyl (C=O) groups is 1. The highest BCUT2D eigenvalue weighted by atomic mass is 32.1. The molecule has 0 aliphatic heterocycles. The minimum absolute atomic E-state index is 0.150. The first kappa shape index (κ1) is 13.5. The SMILES string of the molecule is Cc1cnc(NC(=O)c2cccn2Cc2ccncc2)s1. The van der Waals surface area contributed by atoms with Gasteiger partial charge in [0.2, 0.25) is 0 Å². The number of aryl methyl sites for hydroxylation is 1. The second-order valence-corrected chi connectivity index (χ2v) is 5.84. The predicted molar refractivity (Wildman–Crippen MR) is 82.6 cm³/mol. The molecule has 0 bridgehead atoms. The van der Waals surface area contributed by atoms with Gasteiger partial charge in [0.05, 0.1) is 0 Å². The lowest BCUT2D eigenvalue weighted by Gasteiger charge is -2.08. The van der Waals surface area contributed by atoms with Gasteiger partial charge in [0.15, 0.2) is 5.13 Å².